The lowest BCUT2D eigenvalue weighted by atomic mass is 10.2. The molecule has 0 unspecified atom stereocenters. The second-order valence-corrected chi connectivity index (χ2v) is 3.78. The van der Waals surface area contributed by atoms with Crippen molar-refractivity contribution < 1.29 is 9.53 Å². The fourth-order valence-electron chi connectivity index (χ4n) is 1.03. The van der Waals surface area contributed by atoms with Crippen molar-refractivity contribution in [3.63, 3.8) is 0 Å². The normalized spacial score (nSPS) is 10.0. The smallest absolute Gasteiger partial charge is 0.252 e. The van der Waals surface area contributed by atoms with Gasteiger partial charge in [0.05, 0.1) is 5.56 Å². The zero-order chi connectivity index (χ0) is 11.1. The number of rotatable bonds is 5. The van der Waals surface area contributed by atoms with Crippen LogP contribution in [0.25, 0.3) is 0 Å². The minimum absolute atomic E-state index is 0.105. The zero-order valence-corrected chi connectivity index (χ0v) is 10.1. The summed E-state index contributed by atoms with van der Waals surface area (Å²) in [6.07, 6.45) is 2.35. The number of hydrogen-bond acceptors (Lipinski definition) is 3. The lowest BCUT2D eigenvalue weighted by molar-refractivity contribution is 0.0948. The van der Waals surface area contributed by atoms with Gasteiger partial charge in [0.2, 0.25) is 0 Å². The van der Waals surface area contributed by atoms with Crippen molar-refractivity contribution >= 4 is 21.8 Å². The Morgan fingerprint density at radius 1 is 1.60 bits per heavy atom. The van der Waals surface area contributed by atoms with Crippen molar-refractivity contribution in [2.75, 3.05) is 20.3 Å². The molecular formula is C10H13BrN2O2. The first kappa shape index (κ1) is 12.1. The average Bonchev–Trinajstić information content (AvgIpc) is 2.25. The maximum absolute atomic E-state index is 11.5. The predicted octanol–water partition coefficient (Wildman–Crippen LogP) is 1.61. The van der Waals surface area contributed by atoms with Gasteiger partial charge >= 0.3 is 0 Å². The van der Waals surface area contributed by atoms with E-state index in [1.807, 2.05) is 0 Å². The van der Waals surface area contributed by atoms with E-state index in [1.165, 1.54) is 6.20 Å². The maximum Gasteiger partial charge on any atom is 0.252 e. The summed E-state index contributed by atoms with van der Waals surface area (Å²) >= 11 is 3.21. The van der Waals surface area contributed by atoms with Gasteiger partial charge in [-0.1, -0.05) is 0 Å². The highest BCUT2D eigenvalue weighted by molar-refractivity contribution is 9.10. The fraction of sp³-hybridized carbons (Fsp3) is 0.400. The molecule has 0 aliphatic rings. The van der Waals surface area contributed by atoms with E-state index in [9.17, 15) is 4.79 Å². The van der Waals surface area contributed by atoms with Crippen molar-refractivity contribution in [2.24, 2.45) is 0 Å². The third-order valence-electron chi connectivity index (χ3n) is 1.80. The fourth-order valence-corrected chi connectivity index (χ4v) is 1.27. The molecule has 15 heavy (non-hydrogen) atoms. The van der Waals surface area contributed by atoms with Crippen molar-refractivity contribution in [2.45, 2.75) is 6.42 Å². The van der Waals surface area contributed by atoms with E-state index in [0.717, 1.165) is 11.0 Å². The molecule has 0 aliphatic carbocycles. The Morgan fingerprint density at radius 3 is 3.00 bits per heavy atom. The summed E-state index contributed by atoms with van der Waals surface area (Å²) in [6.45, 7) is 1.27. The monoisotopic (exact) mass is 272 g/mol. The van der Waals surface area contributed by atoms with Crippen LogP contribution in [0.3, 0.4) is 0 Å². The van der Waals surface area contributed by atoms with E-state index in [-0.39, 0.29) is 5.91 Å². The van der Waals surface area contributed by atoms with Crippen LogP contribution >= 0.6 is 15.9 Å². The SMILES string of the molecule is COCCCNC(=O)c1ccc(Br)nc1. The topological polar surface area (TPSA) is 51.2 Å². The number of pyridine rings is 1. The number of carbonyl (C=O) groups excluding carboxylic acids is 1. The highest BCUT2D eigenvalue weighted by Crippen LogP contribution is 2.05. The zero-order valence-electron chi connectivity index (χ0n) is 8.50. The summed E-state index contributed by atoms with van der Waals surface area (Å²) in [7, 11) is 1.64. The molecule has 82 valence electrons. The van der Waals surface area contributed by atoms with Crippen LogP contribution in [0.15, 0.2) is 22.9 Å². The van der Waals surface area contributed by atoms with Gasteiger partial charge in [-0.15, -0.1) is 0 Å². The number of carbonyl (C=O) groups is 1. The van der Waals surface area contributed by atoms with Crippen molar-refractivity contribution in [3.8, 4) is 0 Å². The molecule has 0 bridgehead atoms. The molecule has 1 aromatic rings. The van der Waals surface area contributed by atoms with Crippen molar-refractivity contribution in [3.05, 3.63) is 28.5 Å². The molecular weight excluding hydrogens is 260 g/mol. The molecule has 0 atom stereocenters. The van der Waals surface area contributed by atoms with Gasteiger partial charge < -0.3 is 10.1 Å². The number of amides is 1. The van der Waals surface area contributed by atoms with Gasteiger partial charge in [-0.3, -0.25) is 4.79 Å². The van der Waals surface area contributed by atoms with E-state index in [2.05, 4.69) is 26.2 Å². The number of aromatic nitrogens is 1. The summed E-state index contributed by atoms with van der Waals surface area (Å²) in [5.74, 6) is -0.105. The van der Waals surface area contributed by atoms with Crippen LogP contribution < -0.4 is 5.32 Å². The summed E-state index contributed by atoms with van der Waals surface area (Å²) < 4.78 is 5.60. The highest BCUT2D eigenvalue weighted by atomic mass is 79.9. The summed E-state index contributed by atoms with van der Waals surface area (Å²) in [4.78, 5) is 15.5. The molecule has 0 aliphatic heterocycles. The van der Waals surface area contributed by atoms with Crippen LogP contribution in [-0.4, -0.2) is 31.2 Å². The van der Waals surface area contributed by atoms with Crippen LogP contribution in [0.1, 0.15) is 16.8 Å². The number of methoxy groups -OCH3 is 1. The Bertz CT molecular complexity index is 314. The van der Waals surface area contributed by atoms with Gasteiger partial charge in [-0.25, -0.2) is 4.98 Å². The Morgan fingerprint density at radius 2 is 2.40 bits per heavy atom. The molecule has 4 nitrogen and oxygen atoms in total. The minimum Gasteiger partial charge on any atom is -0.385 e. The van der Waals surface area contributed by atoms with Crippen molar-refractivity contribution in [1.29, 1.82) is 0 Å². The third-order valence-corrected chi connectivity index (χ3v) is 2.27. The molecule has 1 rings (SSSR count). The molecule has 0 saturated carbocycles. The second kappa shape index (κ2) is 6.53. The quantitative estimate of drug-likeness (QED) is 0.655. The van der Waals surface area contributed by atoms with Crippen LogP contribution in [0.5, 0.6) is 0 Å². The van der Waals surface area contributed by atoms with E-state index in [0.29, 0.717) is 18.7 Å². The van der Waals surface area contributed by atoms with E-state index >= 15 is 0 Å². The molecule has 1 heterocycles. The molecule has 0 saturated heterocycles. The summed E-state index contributed by atoms with van der Waals surface area (Å²) in [5.41, 5.74) is 0.565. The van der Waals surface area contributed by atoms with Gasteiger partial charge in [0, 0.05) is 26.5 Å². The predicted molar refractivity (Wildman–Crippen MR) is 60.8 cm³/mol. The molecule has 1 aromatic heterocycles. The van der Waals surface area contributed by atoms with Gasteiger partial charge in [-0.05, 0) is 34.5 Å². The Labute approximate surface area is 97.2 Å². The number of halogens is 1. The molecule has 0 spiro atoms. The lowest BCUT2D eigenvalue weighted by Crippen LogP contribution is -2.25. The number of nitrogens with zero attached hydrogens (tertiary/aromatic N) is 1. The molecule has 0 radical (unpaired) electrons. The average molecular weight is 273 g/mol. The minimum atomic E-state index is -0.105. The lowest BCUT2D eigenvalue weighted by Gasteiger charge is -2.04. The van der Waals surface area contributed by atoms with Gasteiger partial charge in [0.15, 0.2) is 0 Å². The largest absolute Gasteiger partial charge is 0.385 e. The van der Waals surface area contributed by atoms with Gasteiger partial charge in [-0.2, -0.15) is 0 Å². The molecule has 0 fully saturated rings. The van der Waals surface area contributed by atoms with Gasteiger partial charge in [0.25, 0.3) is 5.91 Å². The maximum atomic E-state index is 11.5. The summed E-state index contributed by atoms with van der Waals surface area (Å²) in [6, 6.07) is 3.47. The Kier molecular flexibility index (Phi) is 5.28. The van der Waals surface area contributed by atoms with Crippen LogP contribution in [0.2, 0.25) is 0 Å². The van der Waals surface area contributed by atoms with Crippen LogP contribution in [0.4, 0.5) is 0 Å². The van der Waals surface area contributed by atoms with Crippen molar-refractivity contribution in [1.82, 2.24) is 10.3 Å². The molecule has 1 N–H and O–H groups in total. The first-order valence-corrected chi connectivity index (χ1v) is 5.42. The van der Waals surface area contributed by atoms with Crippen LogP contribution in [0, 0.1) is 0 Å². The number of ether oxygens (including phenoxy) is 1. The first-order valence-electron chi connectivity index (χ1n) is 4.62. The van der Waals surface area contributed by atoms with E-state index in [4.69, 9.17) is 4.74 Å². The Balaban J connectivity index is 2.37. The van der Waals surface area contributed by atoms with E-state index < -0.39 is 0 Å². The number of nitrogens with one attached hydrogen (secondary N) is 1. The molecule has 0 aromatic carbocycles. The highest BCUT2D eigenvalue weighted by Gasteiger charge is 2.04. The van der Waals surface area contributed by atoms with Crippen LogP contribution in [-0.2, 0) is 4.74 Å². The van der Waals surface area contributed by atoms with Gasteiger partial charge in [0.1, 0.15) is 4.60 Å². The Hall–Kier alpha value is -0.940. The summed E-state index contributed by atoms with van der Waals surface area (Å²) in [5, 5.41) is 2.78. The number of hydrogen-bond donors (Lipinski definition) is 1. The van der Waals surface area contributed by atoms with E-state index in [1.54, 1.807) is 19.2 Å². The third kappa shape index (κ3) is 4.40. The second-order valence-electron chi connectivity index (χ2n) is 2.97. The molecule has 1 amide bonds. The first-order chi connectivity index (χ1) is 7.24. The molecule has 5 heteroatoms. The standard InChI is InChI=1S/C10H13BrN2O2/c1-15-6-2-5-12-10(14)8-3-4-9(11)13-7-8/h3-4,7H,2,5-6H2,1H3,(H,12,14).